The molecule has 0 saturated carbocycles. The molecular weight excluding hydrogens is 388 g/mol. The van der Waals surface area contributed by atoms with Crippen LogP contribution in [0.2, 0.25) is 0 Å². The Hall–Kier alpha value is -2.22. The monoisotopic (exact) mass is 416 g/mol. The molecule has 1 heterocycles. The Kier molecular flexibility index (Phi) is 7.41. The summed E-state index contributed by atoms with van der Waals surface area (Å²) >= 11 is 0. The van der Waals surface area contributed by atoms with Crippen LogP contribution in [0, 0.1) is 0 Å². The average Bonchev–Trinajstić information content (AvgIpc) is 3.06. The van der Waals surface area contributed by atoms with Crippen LogP contribution in [0.3, 0.4) is 0 Å². The number of sulfone groups is 1. The molecule has 1 aliphatic rings. The lowest BCUT2D eigenvalue weighted by atomic mass is 9.96. The number of nitrogens with one attached hydrogen (secondary N) is 1. The molecule has 1 aliphatic heterocycles. The molecule has 0 bridgehead atoms. The minimum atomic E-state index is -3.05. The van der Waals surface area contributed by atoms with Gasteiger partial charge in [0.15, 0.2) is 9.84 Å². The van der Waals surface area contributed by atoms with Gasteiger partial charge in [-0.1, -0.05) is 60.7 Å². The molecular formula is C22H28N2O4S. The van der Waals surface area contributed by atoms with E-state index in [1.165, 1.54) is 0 Å². The van der Waals surface area contributed by atoms with Crippen LogP contribution < -0.4 is 5.32 Å². The summed E-state index contributed by atoms with van der Waals surface area (Å²) in [6.07, 6.45) is 1.01. The number of nitrogens with zero attached hydrogens (tertiary/aromatic N) is 1. The molecule has 1 amide bonds. The molecule has 0 aliphatic carbocycles. The first-order valence-electron chi connectivity index (χ1n) is 9.93. The third-order valence-electron chi connectivity index (χ3n) is 5.14. The highest BCUT2D eigenvalue weighted by Crippen LogP contribution is 2.28. The summed E-state index contributed by atoms with van der Waals surface area (Å²) in [5.74, 6) is -0.0548. The lowest BCUT2D eigenvalue weighted by Gasteiger charge is -2.32. The zero-order valence-electron chi connectivity index (χ0n) is 16.4. The maximum Gasteiger partial charge on any atom is 0.234 e. The molecule has 0 spiro atoms. The fourth-order valence-corrected chi connectivity index (χ4v) is 5.50. The SMILES string of the molecule is O=C(CN(CCCO)C(c1ccccc1)c1ccccc1)NC1CCS(=O)(=O)C1. The third-order valence-corrected chi connectivity index (χ3v) is 6.91. The number of hydrogen-bond acceptors (Lipinski definition) is 5. The molecule has 156 valence electrons. The van der Waals surface area contributed by atoms with Crippen LogP contribution in [0.4, 0.5) is 0 Å². The molecule has 1 saturated heterocycles. The minimum absolute atomic E-state index is 0.0101. The van der Waals surface area contributed by atoms with Gasteiger partial charge in [-0.25, -0.2) is 8.42 Å². The highest BCUT2D eigenvalue weighted by molar-refractivity contribution is 7.91. The summed E-state index contributed by atoms with van der Waals surface area (Å²) in [7, 11) is -3.05. The van der Waals surface area contributed by atoms with E-state index < -0.39 is 9.84 Å². The van der Waals surface area contributed by atoms with Gasteiger partial charge < -0.3 is 10.4 Å². The highest BCUT2D eigenvalue weighted by atomic mass is 32.2. The molecule has 0 radical (unpaired) electrons. The number of carbonyl (C=O) groups excluding carboxylic acids is 1. The van der Waals surface area contributed by atoms with Crippen LogP contribution in [-0.2, 0) is 14.6 Å². The minimum Gasteiger partial charge on any atom is -0.396 e. The lowest BCUT2D eigenvalue weighted by molar-refractivity contribution is -0.123. The molecule has 1 fully saturated rings. The molecule has 2 aromatic rings. The van der Waals surface area contributed by atoms with E-state index in [9.17, 15) is 18.3 Å². The van der Waals surface area contributed by atoms with E-state index in [1.807, 2.05) is 65.6 Å². The second-order valence-electron chi connectivity index (χ2n) is 7.44. The topological polar surface area (TPSA) is 86.7 Å². The van der Waals surface area contributed by atoms with Crippen LogP contribution in [0.25, 0.3) is 0 Å². The summed E-state index contributed by atoms with van der Waals surface area (Å²) in [6.45, 7) is 0.710. The second-order valence-corrected chi connectivity index (χ2v) is 9.67. The standard InChI is InChI=1S/C22H28N2O4S/c25-14-7-13-24(16-21(26)23-20-12-15-29(27,28)17-20)22(18-8-3-1-4-9-18)19-10-5-2-6-11-19/h1-6,8-11,20,22,25H,7,12-17H2,(H,23,26). The average molecular weight is 417 g/mol. The van der Waals surface area contributed by atoms with Gasteiger partial charge in [0, 0.05) is 19.2 Å². The summed E-state index contributed by atoms with van der Waals surface area (Å²) in [5, 5.41) is 12.2. The van der Waals surface area contributed by atoms with Gasteiger partial charge in [0.05, 0.1) is 24.1 Å². The fourth-order valence-electron chi connectivity index (χ4n) is 3.82. The zero-order chi connectivity index (χ0) is 20.7. The van der Waals surface area contributed by atoms with Gasteiger partial charge in [0.25, 0.3) is 0 Å². The molecule has 2 aromatic carbocycles. The van der Waals surface area contributed by atoms with E-state index in [4.69, 9.17) is 0 Å². The van der Waals surface area contributed by atoms with Crippen molar-refractivity contribution in [2.45, 2.75) is 24.9 Å². The van der Waals surface area contributed by atoms with E-state index in [1.54, 1.807) is 0 Å². The number of aliphatic hydroxyl groups excluding tert-OH is 1. The van der Waals surface area contributed by atoms with E-state index in [0.717, 1.165) is 11.1 Å². The van der Waals surface area contributed by atoms with Crippen molar-refractivity contribution in [3.05, 3.63) is 71.8 Å². The molecule has 0 aromatic heterocycles. The largest absolute Gasteiger partial charge is 0.396 e. The number of carbonyl (C=O) groups is 1. The van der Waals surface area contributed by atoms with Crippen LogP contribution in [0.1, 0.15) is 30.0 Å². The Bertz CT molecular complexity index is 848. The Labute approximate surface area is 172 Å². The summed E-state index contributed by atoms with van der Waals surface area (Å²) in [6, 6.07) is 19.5. The summed E-state index contributed by atoms with van der Waals surface area (Å²) < 4.78 is 23.3. The van der Waals surface area contributed by atoms with Crippen molar-refractivity contribution in [2.24, 2.45) is 0 Å². The van der Waals surface area contributed by atoms with E-state index >= 15 is 0 Å². The van der Waals surface area contributed by atoms with Gasteiger partial charge in [-0.3, -0.25) is 9.69 Å². The molecule has 1 atom stereocenters. The van der Waals surface area contributed by atoms with E-state index in [-0.39, 0.29) is 42.6 Å². The Morgan fingerprint density at radius 1 is 1.07 bits per heavy atom. The maximum absolute atomic E-state index is 12.7. The van der Waals surface area contributed by atoms with Crippen molar-refractivity contribution in [1.29, 1.82) is 0 Å². The maximum atomic E-state index is 12.7. The zero-order valence-corrected chi connectivity index (χ0v) is 17.2. The smallest absolute Gasteiger partial charge is 0.234 e. The first-order chi connectivity index (χ1) is 14.0. The van der Waals surface area contributed by atoms with Crippen LogP contribution in [-0.4, -0.2) is 61.6 Å². The summed E-state index contributed by atoms with van der Waals surface area (Å²) in [5.41, 5.74) is 2.13. The molecule has 3 rings (SSSR count). The third kappa shape index (κ3) is 6.13. The Morgan fingerprint density at radius 3 is 2.14 bits per heavy atom. The quantitative estimate of drug-likeness (QED) is 0.651. The van der Waals surface area contributed by atoms with Gasteiger partial charge in [-0.15, -0.1) is 0 Å². The Balaban J connectivity index is 1.81. The fraction of sp³-hybridized carbons (Fsp3) is 0.409. The first-order valence-corrected chi connectivity index (χ1v) is 11.8. The van der Waals surface area contributed by atoms with Crippen LogP contribution in [0.15, 0.2) is 60.7 Å². The van der Waals surface area contributed by atoms with Crippen molar-refractivity contribution >= 4 is 15.7 Å². The van der Waals surface area contributed by atoms with Gasteiger partial charge in [0.1, 0.15) is 0 Å². The van der Waals surface area contributed by atoms with Crippen molar-refractivity contribution in [1.82, 2.24) is 10.2 Å². The predicted octanol–water partition coefficient (Wildman–Crippen LogP) is 1.76. The van der Waals surface area contributed by atoms with Gasteiger partial charge in [0.2, 0.25) is 5.91 Å². The molecule has 7 heteroatoms. The number of benzene rings is 2. The summed E-state index contributed by atoms with van der Waals surface area (Å²) in [4.78, 5) is 14.8. The van der Waals surface area contributed by atoms with Gasteiger partial charge >= 0.3 is 0 Å². The number of aliphatic hydroxyl groups is 1. The molecule has 1 unspecified atom stereocenters. The Morgan fingerprint density at radius 2 is 1.66 bits per heavy atom. The van der Waals surface area contributed by atoms with Crippen LogP contribution in [0.5, 0.6) is 0 Å². The van der Waals surface area contributed by atoms with Gasteiger partial charge in [-0.2, -0.15) is 0 Å². The molecule has 29 heavy (non-hydrogen) atoms. The van der Waals surface area contributed by atoms with Crippen molar-refractivity contribution < 1.29 is 18.3 Å². The highest BCUT2D eigenvalue weighted by Gasteiger charge is 2.30. The first kappa shape index (κ1) is 21.5. The number of rotatable bonds is 9. The molecule has 6 nitrogen and oxygen atoms in total. The van der Waals surface area contributed by atoms with E-state index in [0.29, 0.717) is 19.4 Å². The normalized spacial score (nSPS) is 18.2. The number of hydrogen-bond donors (Lipinski definition) is 2. The molecule has 2 N–H and O–H groups in total. The number of amides is 1. The van der Waals surface area contributed by atoms with E-state index in [2.05, 4.69) is 5.32 Å². The van der Waals surface area contributed by atoms with Crippen LogP contribution >= 0.6 is 0 Å². The van der Waals surface area contributed by atoms with Crippen molar-refractivity contribution in [2.75, 3.05) is 31.2 Å². The van der Waals surface area contributed by atoms with Crippen molar-refractivity contribution in [3.63, 3.8) is 0 Å². The van der Waals surface area contributed by atoms with Crippen molar-refractivity contribution in [3.8, 4) is 0 Å². The second kappa shape index (κ2) is 10.0. The van der Waals surface area contributed by atoms with Gasteiger partial charge in [-0.05, 0) is 24.0 Å². The lowest BCUT2D eigenvalue weighted by Crippen LogP contribution is -2.44. The predicted molar refractivity (Wildman–Crippen MR) is 113 cm³/mol.